The fraction of sp³-hybridized carbons (Fsp3) is 0.500. The predicted molar refractivity (Wildman–Crippen MR) is 364 cm³/mol. The van der Waals surface area contributed by atoms with Crippen LogP contribution in [-0.2, 0) is 0 Å². The summed E-state index contributed by atoms with van der Waals surface area (Å²) in [4.78, 5) is 0. The van der Waals surface area contributed by atoms with Crippen molar-refractivity contribution in [3.8, 4) is 5.75 Å². The van der Waals surface area contributed by atoms with E-state index in [0.29, 0.717) is 145 Å². The summed E-state index contributed by atoms with van der Waals surface area (Å²) in [7, 11) is 55.6. The Morgan fingerprint density at radius 3 is 1.04 bits per heavy atom. The van der Waals surface area contributed by atoms with Crippen LogP contribution in [0, 0.1) is 0 Å². The molecule has 1 aliphatic carbocycles. The van der Waals surface area contributed by atoms with E-state index in [1.807, 2.05) is 18.2 Å². The number of nitrogens with two attached hydrogens (primary N) is 2. The van der Waals surface area contributed by atoms with Crippen molar-refractivity contribution in [3.63, 3.8) is 0 Å². The van der Waals surface area contributed by atoms with Crippen molar-refractivity contribution in [2.75, 3.05) is 11.5 Å². The highest BCUT2D eigenvalue weighted by Gasteiger charge is 2.60. The first-order chi connectivity index (χ1) is 26.4. The van der Waals surface area contributed by atoms with E-state index < -0.39 is 0 Å². The molecule has 1 aromatic carbocycles. The first-order valence-electron chi connectivity index (χ1n) is 24.7. The first-order valence-corrected chi connectivity index (χ1v) is 24.7. The number of benzene rings is 1. The van der Waals surface area contributed by atoms with E-state index >= 15 is 0 Å². The highest BCUT2D eigenvalue weighted by molar-refractivity contribution is 8.29. The summed E-state index contributed by atoms with van der Waals surface area (Å²) in [6, 6.07) is 5.76. The van der Waals surface area contributed by atoms with Crippen molar-refractivity contribution in [1.29, 1.82) is 0 Å². The molecule has 0 atom stereocenters. The first kappa shape index (κ1) is 54.5. The molecule has 45 heteroatoms. The van der Waals surface area contributed by atoms with Crippen LogP contribution in [0.15, 0.2) is 18.2 Å². The smallest absolute Gasteiger partial charge is 0.123 e. The zero-order valence-corrected chi connectivity index (χ0v) is 42.0. The zero-order chi connectivity index (χ0) is 43.8. The lowest BCUT2D eigenvalue weighted by Gasteiger charge is -2.55. The monoisotopic (exact) mass is 711 g/mol. The van der Waals surface area contributed by atoms with Gasteiger partial charge in [-0.15, -0.1) is 0 Å². The molecule has 250 valence electrons. The summed E-state index contributed by atoms with van der Waals surface area (Å²) in [5.74, 6) is 1.50. The Morgan fingerprint density at radius 1 is 0.421 bits per heavy atom. The number of ether oxygens (including phenoxy) is 1. The Kier molecular flexibility index (Phi) is 23.9. The second kappa shape index (κ2) is 25.0. The van der Waals surface area contributed by atoms with E-state index in [1.165, 1.54) is 19.9 Å². The maximum atomic E-state index is 6.78. The summed E-state index contributed by atoms with van der Waals surface area (Å²) in [6.45, 7) is 0.642. The average molecular weight is 703 g/mol. The molecule has 0 aliphatic heterocycles. The Labute approximate surface area is 383 Å². The fourth-order valence-electron chi connectivity index (χ4n) is 14.7. The molecule has 0 bridgehead atoms. The van der Waals surface area contributed by atoms with Crippen LogP contribution in [0.25, 0.3) is 0 Å². The second-order valence-corrected chi connectivity index (χ2v) is 23.2. The van der Waals surface area contributed by atoms with Crippen molar-refractivity contribution in [2.45, 2.75) is 37.6 Å². The van der Waals surface area contributed by atoms with Gasteiger partial charge < -0.3 is 16.2 Å². The highest BCUT2D eigenvalue weighted by atomic mass is 16.5. The van der Waals surface area contributed by atoms with E-state index in [4.69, 9.17) is 16.2 Å². The third kappa shape index (κ3) is 14.7. The van der Waals surface area contributed by atoms with Gasteiger partial charge in [-0.1, -0.05) is 18.7 Å². The molecule has 1 saturated carbocycles. The lowest BCUT2D eigenvalue weighted by Crippen LogP contribution is -2.91. The molecule has 4 N–H and O–H groups in total. The molecular weight excluding hydrogens is 642 g/mol. The minimum atomic E-state index is 0.200. The third-order valence-electron chi connectivity index (χ3n) is 15.8. The molecule has 0 amide bonds. The molecule has 2 rings (SSSR count). The minimum absolute atomic E-state index is 0.200. The second-order valence-electron chi connectivity index (χ2n) is 23.2. The Hall–Kier alpha value is 1.35. The lowest BCUT2D eigenvalue weighted by atomic mass is 8.29. The van der Waals surface area contributed by atoms with Gasteiger partial charge >= 0.3 is 0 Å². The molecule has 1 aromatic rings. The normalized spacial score (nSPS) is 14.2. The molecule has 0 radical (unpaired) electrons. The summed E-state index contributed by atoms with van der Waals surface area (Å²) in [5, 5.41) is 0. The third-order valence-corrected chi connectivity index (χ3v) is 15.8. The standard InChI is InChI=1S/C12H60B42N2O/c13-34-46(36(14)15)53(45(32)33)48(54(51(41(24)25)42(26)27)52(43(28)29)44(30)31)35(47(49(37(16)17)38(18)19)50(39(20)21)40(22)23)8-1-3-11(4-2-8)57-12-6-9(55)5-10(56)7-12/h5-8,11,34H,1-4,13-33,55-56H2. The van der Waals surface area contributed by atoms with Gasteiger partial charge in [0.15, 0.2) is 0 Å². The zero-order valence-electron chi connectivity index (χ0n) is 42.0. The summed E-state index contributed by atoms with van der Waals surface area (Å²) < 4.78 is 6.78. The van der Waals surface area contributed by atoms with E-state index in [2.05, 4.69) is 162 Å². The van der Waals surface area contributed by atoms with E-state index in [9.17, 15) is 0 Å². The van der Waals surface area contributed by atoms with Crippen LogP contribution < -0.4 is 16.2 Å². The number of anilines is 2. The van der Waals surface area contributed by atoms with Crippen LogP contribution in [0.1, 0.15) is 25.7 Å². The van der Waals surface area contributed by atoms with Gasteiger partial charge in [0, 0.05) is 158 Å². The van der Waals surface area contributed by atoms with E-state index in [0.717, 1.165) is 18.6 Å². The Balaban J connectivity index is 3.24. The number of hydrogen-bond donors (Lipinski definition) is 2. The van der Waals surface area contributed by atoms with Crippen molar-refractivity contribution < 1.29 is 4.74 Å². The molecule has 0 saturated heterocycles. The predicted octanol–water partition coefficient (Wildman–Crippen LogP) is -25.0. The molecule has 0 unspecified atom stereocenters. The molecule has 3 nitrogen and oxygen atoms in total. The molecule has 1 aliphatic rings. The molecule has 57 heavy (non-hydrogen) atoms. The van der Waals surface area contributed by atoms with Gasteiger partial charge in [-0.3, -0.25) is 0 Å². The summed E-state index contributed by atoms with van der Waals surface area (Å²) >= 11 is 0. The van der Waals surface area contributed by atoms with Gasteiger partial charge in [0.05, 0.1) is 169 Å². The van der Waals surface area contributed by atoms with E-state index in [1.54, 1.807) is 0 Å². The van der Waals surface area contributed by atoms with Crippen LogP contribution in [0.2, 0.25) is 5.82 Å². The van der Waals surface area contributed by atoms with Crippen molar-refractivity contribution >= 4 is 309 Å². The van der Waals surface area contributed by atoms with E-state index in [-0.39, 0.29) is 6.10 Å². The maximum absolute atomic E-state index is 6.78. The van der Waals surface area contributed by atoms with Crippen LogP contribution in [0.3, 0.4) is 0 Å². The topological polar surface area (TPSA) is 61.3 Å². The lowest BCUT2D eigenvalue weighted by molar-refractivity contribution is 0.155. The molecule has 1 fully saturated rings. The molecule has 0 aromatic heterocycles. The van der Waals surface area contributed by atoms with Crippen LogP contribution in [-0.4, -0.2) is 303 Å². The molecular formula is C12H60B42N2O. The van der Waals surface area contributed by atoms with Crippen molar-refractivity contribution in [1.82, 2.24) is 0 Å². The Morgan fingerprint density at radius 2 is 0.737 bits per heavy atom. The van der Waals surface area contributed by atoms with Gasteiger partial charge in [-0.25, -0.2) is 0 Å². The van der Waals surface area contributed by atoms with Crippen molar-refractivity contribution in [2.24, 2.45) is 0 Å². The number of hydrogen-bond acceptors (Lipinski definition) is 3. The molecule has 0 spiro atoms. The van der Waals surface area contributed by atoms with Gasteiger partial charge in [-0.2, -0.15) is 0 Å². The highest BCUT2D eigenvalue weighted by Crippen LogP contribution is 2.38. The Bertz CT molecular complexity index is 1200. The quantitative estimate of drug-likeness (QED) is 0.0881. The maximum Gasteiger partial charge on any atom is 0.123 e. The minimum Gasteiger partial charge on any atom is -0.490 e. The number of nitrogen functional groups attached to an aromatic ring is 2. The summed E-state index contributed by atoms with van der Waals surface area (Å²) in [5.41, 5.74) is 13.9. The van der Waals surface area contributed by atoms with Crippen LogP contribution >= 0.6 is 0 Å². The van der Waals surface area contributed by atoms with Gasteiger partial charge in [0.2, 0.25) is 0 Å². The van der Waals surface area contributed by atoms with Crippen molar-refractivity contribution in [3.05, 3.63) is 18.2 Å². The van der Waals surface area contributed by atoms with Gasteiger partial charge in [-0.05, 0) is 18.9 Å². The van der Waals surface area contributed by atoms with Gasteiger partial charge in [0.25, 0.3) is 0 Å². The number of rotatable bonds is 23. The van der Waals surface area contributed by atoms with Crippen LogP contribution in [0.5, 0.6) is 5.75 Å². The molecule has 0 heterocycles. The van der Waals surface area contributed by atoms with Crippen LogP contribution in [0.4, 0.5) is 11.4 Å². The fourth-order valence-corrected chi connectivity index (χ4v) is 14.7. The van der Waals surface area contributed by atoms with Gasteiger partial charge in [0.1, 0.15) is 5.75 Å². The summed E-state index contributed by atoms with van der Waals surface area (Å²) in [6.07, 6.45) is 17.2. The average Bonchev–Trinajstić information content (AvgIpc) is 3.04. The largest absolute Gasteiger partial charge is 0.490 e. The SMILES string of the molecule is BBB(B(B)B)B(B(B)B)B(B(B(B(B)B)B(B)B)B(B(B)B)B(B)B)B(B(B(B(B)B)B(B)B)B(B(B)B)B(B)B)C1CCC(Oc2cc(N)cc(N)c2)CC1.